The Labute approximate surface area is 195 Å². The highest BCUT2D eigenvalue weighted by molar-refractivity contribution is 5.66. The summed E-state index contributed by atoms with van der Waals surface area (Å²) in [5, 5.41) is 0. The molecule has 0 bridgehead atoms. The van der Waals surface area contributed by atoms with Crippen molar-refractivity contribution >= 4 is 5.97 Å². The van der Waals surface area contributed by atoms with Crippen LogP contribution in [0.2, 0.25) is 0 Å². The Hall–Kier alpha value is -2.56. The first kappa shape index (κ1) is 22.2. The van der Waals surface area contributed by atoms with Crippen molar-refractivity contribution in [2.24, 2.45) is 22.7 Å². The highest BCUT2D eigenvalue weighted by Crippen LogP contribution is 2.64. The molecule has 3 aliphatic rings. The average molecular weight is 451 g/mol. The van der Waals surface area contributed by atoms with E-state index in [0.717, 1.165) is 31.2 Å². The molecule has 0 spiro atoms. The lowest BCUT2D eigenvalue weighted by Crippen LogP contribution is -2.64. The van der Waals surface area contributed by atoms with Gasteiger partial charge in [-0.2, -0.15) is 0 Å². The number of hydrogen-bond donors (Lipinski definition) is 0. The third-order valence-electron chi connectivity index (χ3n) is 9.06. The predicted molar refractivity (Wildman–Crippen MR) is 126 cm³/mol. The first-order valence-corrected chi connectivity index (χ1v) is 12.1. The van der Waals surface area contributed by atoms with Crippen molar-refractivity contribution in [2.45, 2.75) is 78.4 Å². The van der Waals surface area contributed by atoms with Gasteiger partial charge in [0.15, 0.2) is 0 Å². The molecule has 5 heteroatoms. The summed E-state index contributed by atoms with van der Waals surface area (Å²) in [6, 6.07) is 11.6. The van der Waals surface area contributed by atoms with E-state index in [9.17, 15) is 9.59 Å². The molecular weight excluding hydrogens is 416 g/mol. The van der Waals surface area contributed by atoms with Gasteiger partial charge < -0.3 is 13.9 Å². The van der Waals surface area contributed by atoms with Crippen molar-refractivity contribution < 1.29 is 18.7 Å². The Balaban J connectivity index is 1.52. The number of hydrogen-bond acceptors (Lipinski definition) is 5. The normalized spacial score (nSPS) is 34.3. The maximum Gasteiger partial charge on any atom is 0.343 e. The SMILES string of the molecule is CC(=O)OC1CCC2(C)C3Cc4c(cc(-c5ccccc5)oc4=O)OC3(C)CCC2C1(C)C. The molecule has 5 rings (SSSR count). The standard InChI is InChI=1S/C28H34O5/c1-17(29)31-24-12-13-27(4)22(26(24,2)3)11-14-28(5)23(27)15-19-21(33-28)16-20(32-25(19)30)18-9-7-6-8-10-18/h6-10,16,22-24H,11-15H2,1-5H3. The molecule has 0 amide bonds. The van der Waals surface area contributed by atoms with Crippen LogP contribution in [-0.2, 0) is 16.0 Å². The zero-order chi connectivity index (χ0) is 23.6. The molecule has 2 aromatic rings. The lowest BCUT2D eigenvalue weighted by atomic mass is 9.44. The Morgan fingerprint density at radius 3 is 2.45 bits per heavy atom. The molecule has 0 saturated heterocycles. The van der Waals surface area contributed by atoms with Gasteiger partial charge in [0.1, 0.15) is 23.2 Å². The van der Waals surface area contributed by atoms with Crippen LogP contribution in [0, 0.1) is 22.7 Å². The van der Waals surface area contributed by atoms with Crippen LogP contribution in [0.1, 0.15) is 65.9 Å². The van der Waals surface area contributed by atoms with Crippen molar-refractivity contribution in [1.29, 1.82) is 0 Å². The Morgan fingerprint density at radius 2 is 1.76 bits per heavy atom. The van der Waals surface area contributed by atoms with Crippen LogP contribution in [0.25, 0.3) is 11.3 Å². The molecule has 2 saturated carbocycles. The van der Waals surface area contributed by atoms with E-state index >= 15 is 0 Å². The van der Waals surface area contributed by atoms with Crippen molar-refractivity contribution in [3.05, 3.63) is 52.4 Å². The Morgan fingerprint density at radius 1 is 1.03 bits per heavy atom. The molecule has 5 atom stereocenters. The first-order valence-electron chi connectivity index (χ1n) is 12.1. The zero-order valence-corrected chi connectivity index (χ0v) is 20.3. The van der Waals surface area contributed by atoms with Crippen LogP contribution >= 0.6 is 0 Å². The van der Waals surface area contributed by atoms with E-state index in [1.54, 1.807) is 0 Å². The highest BCUT2D eigenvalue weighted by Gasteiger charge is 2.63. The number of fused-ring (bicyclic) bond motifs is 4. The fourth-order valence-corrected chi connectivity index (χ4v) is 7.44. The fraction of sp³-hybridized carbons (Fsp3) is 0.571. The van der Waals surface area contributed by atoms with Crippen LogP contribution in [0.4, 0.5) is 0 Å². The Kier molecular flexibility index (Phi) is 5.04. The maximum atomic E-state index is 13.1. The number of carbonyl (C=O) groups is 1. The van der Waals surface area contributed by atoms with E-state index < -0.39 is 0 Å². The van der Waals surface area contributed by atoms with Crippen molar-refractivity contribution in [3.8, 4) is 17.1 Å². The molecule has 0 radical (unpaired) electrons. The minimum atomic E-state index is -0.343. The molecule has 1 aliphatic heterocycles. The number of esters is 1. The quantitative estimate of drug-likeness (QED) is 0.542. The lowest BCUT2D eigenvalue weighted by Gasteiger charge is -2.64. The summed E-state index contributed by atoms with van der Waals surface area (Å²) in [5.74, 6) is 1.57. The topological polar surface area (TPSA) is 65.7 Å². The first-order chi connectivity index (χ1) is 15.5. The number of carbonyl (C=O) groups excluding carboxylic acids is 1. The van der Waals surface area contributed by atoms with Gasteiger partial charge in [-0.3, -0.25) is 4.79 Å². The van der Waals surface area contributed by atoms with E-state index in [4.69, 9.17) is 13.9 Å². The summed E-state index contributed by atoms with van der Waals surface area (Å²) in [7, 11) is 0. The van der Waals surface area contributed by atoms with Crippen LogP contribution < -0.4 is 10.4 Å². The molecule has 33 heavy (non-hydrogen) atoms. The molecule has 5 nitrogen and oxygen atoms in total. The second kappa shape index (κ2) is 7.48. The van der Waals surface area contributed by atoms with Gasteiger partial charge in [0.05, 0.1) is 5.56 Å². The van der Waals surface area contributed by atoms with Gasteiger partial charge in [-0.25, -0.2) is 4.79 Å². The minimum Gasteiger partial charge on any atom is -0.487 e. The second-order valence-electron chi connectivity index (χ2n) is 11.3. The van der Waals surface area contributed by atoms with E-state index in [2.05, 4.69) is 27.7 Å². The average Bonchev–Trinajstić information content (AvgIpc) is 2.75. The van der Waals surface area contributed by atoms with E-state index in [0.29, 0.717) is 29.4 Å². The molecule has 2 heterocycles. The molecular formula is C28H34O5. The van der Waals surface area contributed by atoms with Gasteiger partial charge in [-0.15, -0.1) is 0 Å². The smallest absolute Gasteiger partial charge is 0.343 e. The summed E-state index contributed by atoms with van der Waals surface area (Å²) in [5.41, 5.74) is 0.724. The van der Waals surface area contributed by atoms with Crippen molar-refractivity contribution in [1.82, 2.24) is 0 Å². The van der Waals surface area contributed by atoms with Crippen LogP contribution in [0.3, 0.4) is 0 Å². The van der Waals surface area contributed by atoms with Gasteiger partial charge in [-0.1, -0.05) is 51.1 Å². The summed E-state index contributed by atoms with van der Waals surface area (Å²) >= 11 is 0. The van der Waals surface area contributed by atoms with Gasteiger partial charge in [0.25, 0.3) is 0 Å². The fourth-order valence-electron chi connectivity index (χ4n) is 7.44. The van der Waals surface area contributed by atoms with Gasteiger partial charge in [0.2, 0.25) is 0 Å². The maximum absolute atomic E-state index is 13.1. The summed E-state index contributed by atoms with van der Waals surface area (Å²) < 4.78 is 18.2. The van der Waals surface area contributed by atoms with E-state index in [-0.39, 0.29) is 40.0 Å². The lowest BCUT2D eigenvalue weighted by molar-refractivity contribution is -0.204. The monoisotopic (exact) mass is 450 g/mol. The molecule has 2 fully saturated rings. The number of ether oxygens (including phenoxy) is 2. The van der Waals surface area contributed by atoms with Crippen molar-refractivity contribution in [2.75, 3.05) is 0 Å². The van der Waals surface area contributed by atoms with Crippen LogP contribution in [0.15, 0.2) is 45.6 Å². The minimum absolute atomic E-state index is 0.0185. The molecule has 5 unspecified atom stereocenters. The molecule has 0 N–H and O–H groups in total. The molecule has 176 valence electrons. The molecule has 2 aliphatic carbocycles. The Bertz CT molecular complexity index is 1130. The largest absolute Gasteiger partial charge is 0.487 e. The van der Waals surface area contributed by atoms with Crippen LogP contribution in [0.5, 0.6) is 5.75 Å². The summed E-state index contributed by atoms with van der Waals surface area (Å²) in [4.78, 5) is 24.8. The second-order valence-corrected chi connectivity index (χ2v) is 11.3. The van der Waals surface area contributed by atoms with Gasteiger partial charge in [0, 0.05) is 29.9 Å². The third kappa shape index (κ3) is 3.43. The van der Waals surface area contributed by atoms with Gasteiger partial charge >= 0.3 is 11.6 Å². The van der Waals surface area contributed by atoms with Gasteiger partial charge in [-0.05, 0) is 50.4 Å². The molecule has 1 aromatic carbocycles. The summed E-state index contributed by atoms with van der Waals surface area (Å²) in [6.07, 6.45) is 4.29. The zero-order valence-electron chi connectivity index (χ0n) is 20.3. The number of rotatable bonds is 2. The number of benzene rings is 1. The highest BCUT2D eigenvalue weighted by atomic mass is 16.5. The van der Waals surface area contributed by atoms with E-state index in [1.165, 1.54) is 6.92 Å². The van der Waals surface area contributed by atoms with Crippen molar-refractivity contribution in [3.63, 3.8) is 0 Å². The third-order valence-corrected chi connectivity index (χ3v) is 9.06. The predicted octanol–water partition coefficient (Wildman–Crippen LogP) is 5.78. The van der Waals surface area contributed by atoms with Crippen LogP contribution in [-0.4, -0.2) is 17.7 Å². The summed E-state index contributed by atoms with van der Waals surface area (Å²) in [6.45, 7) is 10.5. The van der Waals surface area contributed by atoms with E-state index in [1.807, 2.05) is 36.4 Å². The molecule has 1 aromatic heterocycles.